The Kier molecular flexibility index (Phi) is 4.47. The summed E-state index contributed by atoms with van der Waals surface area (Å²) in [4.78, 5) is 0.0264. The van der Waals surface area contributed by atoms with Crippen LogP contribution in [0.3, 0.4) is 0 Å². The molecule has 2 atom stereocenters. The van der Waals surface area contributed by atoms with E-state index in [0.29, 0.717) is 6.54 Å². The number of sulfonamides is 1. The zero-order valence-corrected chi connectivity index (χ0v) is 13.6. The quantitative estimate of drug-likeness (QED) is 0.881. The van der Waals surface area contributed by atoms with Crippen molar-refractivity contribution in [2.45, 2.75) is 24.3 Å². The van der Waals surface area contributed by atoms with Crippen LogP contribution in [0.25, 0.3) is 5.69 Å². The van der Waals surface area contributed by atoms with Crippen molar-refractivity contribution in [1.29, 1.82) is 0 Å². The van der Waals surface area contributed by atoms with Gasteiger partial charge in [0.15, 0.2) is 0 Å². The lowest BCUT2D eigenvalue weighted by Gasteiger charge is -2.29. The molecular weight excluding hydrogens is 319 g/mol. The molecule has 1 aromatic heterocycles. The van der Waals surface area contributed by atoms with Gasteiger partial charge in [0.1, 0.15) is 16.4 Å². The van der Waals surface area contributed by atoms with E-state index in [4.69, 9.17) is 0 Å². The van der Waals surface area contributed by atoms with Crippen molar-refractivity contribution in [3.05, 3.63) is 42.5 Å². The third-order valence-corrected chi connectivity index (χ3v) is 5.55. The van der Waals surface area contributed by atoms with Gasteiger partial charge in [-0.15, -0.1) is 0 Å². The van der Waals surface area contributed by atoms with Crippen molar-refractivity contribution in [1.82, 2.24) is 19.8 Å². The summed E-state index contributed by atoms with van der Waals surface area (Å²) < 4.78 is 42.7. The third kappa shape index (κ3) is 3.44. The molecular formula is C15H19FN4O2S. The van der Waals surface area contributed by atoms with Crippen LogP contribution >= 0.6 is 0 Å². The van der Waals surface area contributed by atoms with E-state index >= 15 is 0 Å². The van der Waals surface area contributed by atoms with Crippen LogP contribution in [0.1, 0.15) is 13.3 Å². The summed E-state index contributed by atoms with van der Waals surface area (Å²) in [5.41, 5.74) is 0.210. The summed E-state index contributed by atoms with van der Waals surface area (Å²) in [6.07, 6.45) is 3.47. The first kappa shape index (κ1) is 16.1. The molecule has 1 fully saturated rings. The molecule has 1 saturated heterocycles. The van der Waals surface area contributed by atoms with E-state index in [2.05, 4.69) is 15.1 Å². The molecule has 2 N–H and O–H groups in total. The SMILES string of the molecule is CC1CCNCC1NS(=O)(=O)c1cnn(-c2ccccc2F)c1. The number of piperidine rings is 1. The van der Waals surface area contributed by atoms with E-state index in [0.717, 1.165) is 13.0 Å². The van der Waals surface area contributed by atoms with Crippen LogP contribution in [0.5, 0.6) is 0 Å². The first-order valence-electron chi connectivity index (χ1n) is 7.50. The summed E-state index contributed by atoms with van der Waals surface area (Å²) in [6, 6.07) is 5.92. The van der Waals surface area contributed by atoms with Crippen molar-refractivity contribution in [2.75, 3.05) is 13.1 Å². The predicted molar refractivity (Wildman–Crippen MR) is 84.3 cm³/mol. The summed E-state index contributed by atoms with van der Waals surface area (Å²) >= 11 is 0. The number of benzene rings is 1. The zero-order chi connectivity index (χ0) is 16.4. The number of nitrogens with one attached hydrogen (secondary N) is 2. The summed E-state index contributed by atoms with van der Waals surface area (Å²) in [5.74, 6) is -0.203. The van der Waals surface area contributed by atoms with Gasteiger partial charge in [0.05, 0.1) is 12.4 Å². The zero-order valence-electron chi connectivity index (χ0n) is 12.7. The Hall–Kier alpha value is -1.77. The van der Waals surface area contributed by atoms with Gasteiger partial charge in [0.2, 0.25) is 10.0 Å². The van der Waals surface area contributed by atoms with Gasteiger partial charge in [-0.05, 0) is 31.0 Å². The maximum atomic E-state index is 13.8. The molecule has 0 aliphatic carbocycles. The molecule has 0 radical (unpaired) electrons. The first-order chi connectivity index (χ1) is 11.0. The highest BCUT2D eigenvalue weighted by Gasteiger charge is 2.27. The smallest absolute Gasteiger partial charge is 0.244 e. The van der Waals surface area contributed by atoms with Crippen molar-refractivity contribution >= 4 is 10.0 Å². The third-order valence-electron chi connectivity index (χ3n) is 4.10. The van der Waals surface area contributed by atoms with Gasteiger partial charge in [0, 0.05) is 12.6 Å². The van der Waals surface area contributed by atoms with Gasteiger partial charge < -0.3 is 5.32 Å². The van der Waals surface area contributed by atoms with E-state index in [9.17, 15) is 12.8 Å². The van der Waals surface area contributed by atoms with Crippen LogP contribution in [0.15, 0.2) is 41.6 Å². The molecule has 124 valence electrons. The topological polar surface area (TPSA) is 76.0 Å². The van der Waals surface area contributed by atoms with Crippen LogP contribution in [-0.4, -0.2) is 37.3 Å². The maximum Gasteiger partial charge on any atom is 0.244 e. The van der Waals surface area contributed by atoms with Crippen LogP contribution in [0.4, 0.5) is 4.39 Å². The second-order valence-corrected chi connectivity index (χ2v) is 7.48. The Labute approximate surface area is 134 Å². The number of hydrogen-bond acceptors (Lipinski definition) is 4. The second-order valence-electron chi connectivity index (χ2n) is 5.77. The van der Waals surface area contributed by atoms with E-state index in [1.807, 2.05) is 6.92 Å². The van der Waals surface area contributed by atoms with Gasteiger partial charge in [0.25, 0.3) is 0 Å². The van der Waals surface area contributed by atoms with E-state index in [1.54, 1.807) is 18.2 Å². The van der Waals surface area contributed by atoms with Crippen molar-refractivity contribution < 1.29 is 12.8 Å². The number of aromatic nitrogens is 2. The fraction of sp³-hybridized carbons (Fsp3) is 0.400. The number of para-hydroxylation sites is 1. The predicted octanol–water partition coefficient (Wildman–Crippen LogP) is 1.29. The Balaban J connectivity index is 1.83. The van der Waals surface area contributed by atoms with Crippen LogP contribution in [0.2, 0.25) is 0 Å². The monoisotopic (exact) mass is 338 g/mol. The van der Waals surface area contributed by atoms with Crippen LogP contribution in [0, 0.1) is 11.7 Å². The van der Waals surface area contributed by atoms with Crippen molar-refractivity contribution in [3.8, 4) is 5.69 Å². The molecule has 8 heteroatoms. The van der Waals surface area contributed by atoms with E-state index < -0.39 is 15.8 Å². The van der Waals surface area contributed by atoms with Gasteiger partial charge in [-0.1, -0.05) is 19.1 Å². The normalized spacial score (nSPS) is 22.2. The highest BCUT2D eigenvalue weighted by Crippen LogP contribution is 2.18. The highest BCUT2D eigenvalue weighted by atomic mass is 32.2. The standard InChI is InChI=1S/C15H19FN4O2S/c1-11-6-7-17-9-14(11)19-23(21,22)12-8-18-20(10-12)15-5-3-2-4-13(15)16/h2-5,8,10-11,14,17,19H,6-7,9H2,1H3. The second kappa shape index (κ2) is 6.38. The molecule has 23 heavy (non-hydrogen) atoms. The summed E-state index contributed by atoms with van der Waals surface area (Å²) in [5, 5.41) is 7.15. The van der Waals surface area contributed by atoms with Crippen LogP contribution in [-0.2, 0) is 10.0 Å². The van der Waals surface area contributed by atoms with Gasteiger partial charge in [-0.3, -0.25) is 0 Å². The molecule has 2 heterocycles. The molecule has 1 aliphatic heterocycles. The van der Waals surface area contributed by atoms with Crippen LogP contribution < -0.4 is 10.0 Å². The first-order valence-corrected chi connectivity index (χ1v) is 8.98. The molecule has 0 saturated carbocycles. The van der Waals surface area contributed by atoms with Crippen molar-refractivity contribution in [3.63, 3.8) is 0 Å². The molecule has 0 spiro atoms. The number of hydrogen-bond donors (Lipinski definition) is 2. The average molecular weight is 338 g/mol. The fourth-order valence-corrected chi connectivity index (χ4v) is 3.90. The Morgan fingerprint density at radius 2 is 2.17 bits per heavy atom. The largest absolute Gasteiger partial charge is 0.315 e. The fourth-order valence-electron chi connectivity index (χ4n) is 2.63. The van der Waals surface area contributed by atoms with Gasteiger partial charge in [-0.25, -0.2) is 22.2 Å². The Morgan fingerprint density at radius 3 is 2.91 bits per heavy atom. The average Bonchev–Trinajstić information content (AvgIpc) is 3.00. The molecule has 0 bridgehead atoms. The molecule has 1 aromatic carbocycles. The summed E-state index contributed by atoms with van der Waals surface area (Å²) in [7, 11) is -3.69. The number of halogens is 1. The van der Waals surface area contributed by atoms with Crippen molar-refractivity contribution in [2.24, 2.45) is 5.92 Å². The van der Waals surface area contributed by atoms with Gasteiger partial charge in [-0.2, -0.15) is 5.10 Å². The lowest BCUT2D eigenvalue weighted by atomic mass is 9.96. The molecule has 0 amide bonds. The Bertz CT molecular complexity index is 790. The van der Waals surface area contributed by atoms with Gasteiger partial charge >= 0.3 is 0 Å². The molecule has 2 unspecified atom stereocenters. The lowest BCUT2D eigenvalue weighted by molar-refractivity contribution is 0.327. The van der Waals surface area contributed by atoms with E-state index in [-0.39, 0.29) is 22.5 Å². The van der Waals surface area contributed by atoms with E-state index in [1.165, 1.54) is 23.1 Å². The molecule has 1 aliphatic rings. The molecule has 2 aromatic rings. The Morgan fingerprint density at radius 1 is 1.39 bits per heavy atom. The summed E-state index contributed by atoms with van der Waals surface area (Å²) in [6.45, 7) is 3.52. The molecule has 3 rings (SSSR count). The minimum Gasteiger partial charge on any atom is -0.315 e. The highest BCUT2D eigenvalue weighted by molar-refractivity contribution is 7.89. The number of rotatable bonds is 4. The lowest BCUT2D eigenvalue weighted by Crippen LogP contribution is -2.50. The molecule has 6 nitrogen and oxygen atoms in total. The minimum atomic E-state index is -3.69. The minimum absolute atomic E-state index is 0.0264. The number of nitrogens with zero attached hydrogens (tertiary/aromatic N) is 2. The maximum absolute atomic E-state index is 13.8.